The van der Waals surface area contributed by atoms with Crippen molar-refractivity contribution in [3.05, 3.63) is 102 Å². The van der Waals surface area contributed by atoms with Crippen LogP contribution in [-0.4, -0.2) is 5.97 Å². The number of carbonyl (C=O) groups excluding carboxylic acids is 1. The molecule has 0 aliphatic rings. The number of carbonyl (C=O) groups is 1. The van der Waals surface area contributed by atoms with Crippen LogP contribution in [0.5, 0.6) is 5.75 Å². The Balaban J connectivity index is 1.36. The molecule has 2 nitrogen and oxygen atoms in total. The van der Waals surface area contributed by atoms with Crippen molar-refractivity contribution in [3.63, 3.8) is 0 Å². The molecule has 38 heavy (non-hydrogen) atoms. The quantitative estimate of drug-likeness (QED) is 0.102. The van der Waals surface area contributed by atoms with Crippen LogP contribution < -0.4 is 4.74 Å². The summed E-state index contributed by atoms with van der Waals surface area (Å²) < 4.78 is 5.73. The van der Waals surface area contributed by atoms with Gasteiger partial charge in [-0.2, -0.15) is 0 Å². The zero-order chi connectivity index (χ0) is 26.7. The summed E-state index contributed by atoms with van der Waals surface area (Å²) in [6.07, 6.45) is 11.3. The lowest BCUT2D eigenvalue weighted by atomic mass is 9.93. The molecule has 4 aromatic rings. The highest BCUT2D eigenvalue weighted by Crippen LogP contribution is 2.28. The van der Waals surface area contributed by atoms with Crippen LogP contribution in [0, 0.1) is 0 Å². The molecule has 0 amide bonds. The van der Waals surface area contributed by atoms with Crippen LogP contribution in [0.4, 0.5) is 0 Å². The van der Waals surface area contributed by atoms with E-state index in [0.29, 0.717) is 17.2 Å². The van der Waals surface area contributed by atoms with Gasteiger partial charge in [-0.15, -0.1) is 0 Å². The molecular weight excluding hydrogens is 464 g/mol. The Morgan fingerprint density at radius 3 is 2.03 bits per heavy atom. The minimum atomic E-state index is -0.334. The number of hydrogen-bond acceptors (Lipinski definition) is 2. The van der Waals surface area contributed by atoms with E-state index in [0.717, 1.165) is 22.9 Å². The van der Waals surface area contributed by atoms with E-state index in [1.807, 2.05) is 36.4 Å². The summed E-state index contributed by atoms with van der Waals surface area (Å²) in [7, 11) is 0. The zero-order valence-corrected chi connectivity index (χ0v) is 23.3. The van der Waals surface area contributed by atoms with E-state index in [-0.39, 0.29) is 5.97 Å². The standard InChI is InChI=1S/C36H42O2/c1-4-6-8-10-11-27(3)32-21-22-34-26-35(24-23-33(34)25-32)38-36(37)31-19-17-30(18-20-31)29-15-13-28(14-16-29)12-9-7-5-2/h13-27H,4-12H2,1-3H3/t27-/m1/s1. The normalized spacial score (nSPS) is 12.0. The second-order valence-electron chi connectivity index (χ2n) is 10.6. The Morgan fingerprint density at radius 1 is 0.684 bits per heavy atom. The van der Waals surface area contributed by atoms with Crippen LogP contribution >= 0.6 is 0 Å². The van der Waals surface area contributed by atoms with Crippen molar-refractivity contribution in [1.29, 1.82) is 0 Å². The van der Waals surface area contributed by atoms with E-state index in [4.69, 9.17) is 4.74 Å². The highest BCUT2D eigenvalue weighted by Gasteiger charge is 2.11. The van der Waals surface area contributed by atoms with Crippen molar-refractivity contribution in [2.24, 2.45) is 0 Å². The minimum absolute atomic E-state index is 0.334. The number of esters is 1. The van der Waals surface area contributed by atoms with Crippen molar-refractivity contribution in [2.75, 3.05) is 0 Å². The number of ether oxygens (including phenoxy) is 1. The van der Waals surface area contributed by atoms with Crippen molar-refractivity contribution in [3.8, 4) is 16.9 Å². The Kier molecular flexibility index (Phi) is 10.1. The van der Waals surface area contributed by atoms with Gasteiger partial charge in [-0.05, 0) is 82.5 Å². The fraction of sp³-hybridized carbons (Fsp3) is 0.361. The Hall–Kier alpha value is -3.39. The van der Waals surface area contributed by atoms with Gasteiger partial charge in [0.1, 0.15) is 5.75 Å². The maximum atomic E-state index is 12.8. The summed E-state index contributed by atoms with van der Waals surface area (Å²) in [4.78, 5) is 12.8. The van der Waals surface area contributed by atoms with Gasteiger partial charge >= 0.3 is 5.97 Å². The first kappa shape index (κ1) is 27.6. The van der Waals surface area contributed by atoms with E-state index in [2.05, 4.69) is 69.3 Å². The van der Waals surface area contributed by atoms with Gasteiger partial charge in [0.25, 0.3) is 0 Å². The number of fused-ring (bicyclic) bond motifs is 1. The number of hydrogen-bond donors (Lipinski definition) is 0. The van der Waals surface area contributed by atoms with Crippen LogP contribution in [0.15, 0.2) is 84.9 Å². The number of aryl methyl sites for hydroxylation is 1. The number of benzene rings is 4. The molecule has 2 heteroatoms. The van der Waals surface area contributed by atoms with Gasteiger partial charge in [-0.1, -0.05) is 120 Å². The zero-order valence-electron chi connectivity index (χ0n) is 23.3. The fourth-order valence-corrected chi connectivity index (χ4v) is 5.06. The Morgan fingerprint density at radius 2 is 1.32 bits per heavy atom. The summed E-state index contributed by atoms with van der Waals surface area (Å²) in [6, 6.07) is 29.0. The Labute approximate surface area is 229 Å². The van der Waals surface area contributed by atoms with E-state index in [9.17, 15) is 4.79 Å². The first-order chi connectivity index (χ1) is 18.6. The van der Waals surface area contributed by atoms with Crippen molar-refractivity contribution < 1.29 is 9.53 Å². The van der Waals surface area contributed by atoms with Gasteiger partial charge in [-0.3, -0.25) is 0 Å². The van der Waals surface area contributed by atoms with Crippen LogP contribution in [0.2, 0.25) is 0 Å². The average Bonchev–Trinajstić information content (AvgIpc) is 2.95. The molecule has 0 aromatic heterocycles. The second kappa shape index (κ2) is 14.0. The molecule has 0 N–H and O–H groups in total. The largest absolute Gasteiger partial charge is 0.423 e. The molecule has 0 bridgehead atoms. The predicted molar refractivity (Wildman–Crippen MR) is 161 cm³/mol. The molecule has 198 valence electrons. The van der Waals surface area contributed by atoms with Gasteiger partial charge in [0.2, 0.25) is 0 Å². The summed E-state index contributed by atoms with van der Waals surface area (Å²) in [5.41, 5.74) is 5.57. The summed E-state index contributed by atoms with van der Waals surface area (Å²) >= 11 is 0. The van der Waals surface area contributed by atoms with E-state index < -0.39 is 0 Å². The molecule has 0 radical (unpaired) electrons. The monoisotopic (exact) mass is 506 g/mol. The lowest BCUT2D eigenvalue weighted by molar-refractivity contribution is 0.0735. The molecule has 0 fully saturated rings. The second-order valence-corrected chi connectivity index (χ2v) is 10.6. The van der Waals surface area contributed by atoms with E-state index in [1.165, 1.54) is 67.9 Å². The molecule has 0 unspecified atom stereocenters. The SMILES string of the molecule is CCCCCC[C@@H](C)c1ccc2cc(OC(=O)c3ccc(-c4ccc(CCCCC)cc4)cc3)ccc2c1. The first-order valence-corrected chi connectivity index (χ1v) is 14.5. The van der Waals surface area contributed by atoms with Gasteiger partial charge in [-0.25, -0.2) is 4.79 Å². The molecule has 4 rings (SSSR count). The van der Waals surface area contributed by atoms with Crippen LogP contribution in [0.1, 0.15) is 99.5 Å². The van der Waals surface area contributed by atoms with Gasteiger partial charge in [0, 0.05) is 0 Å². The average molecular weight is 507 g/mol. The fourth-order valence-electron chi connectivity index (χ4n) is 5.06. The Bertz CT molecular complexity index is 1300. The maximum absolute atomic E-state index is 12.8. The van der Waals surface area contributed by atoms with Gasteiger partial charge < -0.3 is 4.74 Å². The highest BCUT2D eigenvalue weighted by atomic mass is 16.5. The topological polar surface area (TPSA) is 26.3 Å². The van der Waals surface area contributed by atoms with E-state index >= 15 is 0 Å². The predicted octanol–water partition coefficient (Wildman–Crippen LogP) is 10.5. The molecule has 0 aliphatic heterocycles. The van der Waals surface area contributed by atoms with Gasteiger partial charge in [0.15, 0.2) is 0 Å². The third-order valence-electron chi connectivity index (χ3n) is 7.58. The first-order valence-electron chi connectivity index (χ1n) is 14.5. The molecule has 0 aliphatic carbocycles. The molecular formula is C36H42O2. The lowest BCUT2D eigenvalue weighted by Gasteiger charge is -2.13. The van der Waals surface area contributed by atoms with Crippen LogP contribution in [0.3, 0.4) is 0 Å². The van der Waals surface area contributed by atoms with Crippen molar-refractivity contribution in [1.82, 2.24) is 0 Å². The maximum Gasteiger partial charge on any atom is 0.343 e. The minimum Gasteiger partial charge on any atom is -0.423 e. The van der Waals surface area contributed by atoms with Crippen LogP contribution in [-0.2, 0) is 6.42 Å². The van der Waals surface area contributed by atoms with Crippen molar-refractivity contribution >= 4 is 16.7 Å². The molecule has 0 spiro atoms. The molecule has 1 atom stereocenters. The third kappa shape index (κ3) is 7.57. The molecule has 4 aromatic carbocycles. The van der Waals surface area contributed by atoms with Gasteiger partial charge in [0.05, 0.1) is 5.56 Å². The molecule has 0 heterocycles. The summed E-state index contributed by atoms with van der Waals surface area (Å²) in [6.45, 7) is 6.80. The smallest absolute Gasteiger partial charge is 0.343 e. The number of unbranched alkanes of at least 4 members (excludes halogenated alkanes) is 5. The number of rotatable bonds is 13. The van der Waals surface area contributed by atoms with Crippen molar-refractivity contribution in [2.45, 2.75) is 84.5 Å². The summed E-state index contributed by atoms with van der Waals surface area (Å²) in [5, 5.41) is 2.27. The van der Waals surface area contributed by atoms with Crippen LogP contribution in [0.25, 0.3) is 21.9 Å². The lowest BCUT2D eigenvalue weighted by Crippen LogP contribution is -2.08. The van der Waals surface area contributed by atoms with E-state index in [1.54, 1.807) is 0 Å². The molecule has 0 saturated heterocycles. The summed E-state index contributed by atoms with van der Waals surface area (Å²) in [5.74, 6) is 0.797. The molecule has 0 saturated carbocycles. The highest BCUT2D eigenvalue weighted by molar-refractivity contribution is 5.92. The third-order valence-corrected chi connectivity index (χ3v) is 7.58.